The van der Waals surface area contributed by atoms with Gasteiger partial charge in [0.15, 0.2) is 0 Å². The van der Waals surface area contributed by atoms with Gasteiger partial charge in [0, 0.05) is 0 Å². The van der Waals surface area contributed by atoms with Gasteiger partial charge < -0.3 is 9.84 Å². The van der Waals surface area contributed by atoms with Crippen molar-refractivity contribution in [2.24, 2.45) is 0 Å². The van der Waals surface area contributed by atoms with Crippen molar-refractivity contribution in [3.8, 4) is 0 Å². The summed E-state index contributed by atoms with van der Waals surface area (Å²) >= 11 is 0. The number of fused-ring (bicyclic) bond motifs is 1. The monoisotopic (exact) mass is 156 g/mol. The number of aliphatic hydroxyl groups is 1. The highest BCUT2D eigenvalue weighted by Gasteiger charge is 2.43. The molecule has 11 heavy (non-hydrogen) atoms. The molecular formula is C9H16O2. The first-order valence-electron chi connectivity index (χ1n) is 4.71. The molecule has 1 saturated carbocycles. The zero-order chi connectivity index (χ0) is 7.68. The molecule has 0 bridgehead atoms. The highest BCUT2D eigenvalue weighted by molar-refractivity contribution is 4.91. The Balaban J connectivity index is 1.85. The smallest absolute Gasteiger partial charge is 0.110 e. The first-order valence-corrected chi connectivity index (χ1v) is 4.71. The lowest BCUT2D eigenvalue weighted by atomic mass is 10.1. The Bertz CT molecular complexity index is 136. The molecule has 2 nitrogen and oxygen atoms in total. The molecule has 1 heterocycles. The Morgan fingerprint density at radius 2 is 1.73 bits per heavy atom. The molecule has 2 rings (SSSR count). The van der Waals surface area contributed by atoms with Crippen LogP contribution in [-0.4, -0.2) is 23.4 Å². The minimum absolute atomic E-state index is 0.168. The maximum Gasteiger partial charge on any atom is 0.110 e. The van der Waals surface area contributed by atoms with Crippen LogP contribution in [0.2, 0.25) is 0 Å². The Labute approximate surface area is 67.6 Å². The van der Waals surface area contributed by atoms with Crippen LogP contribution in [0.3, 0.4) is 0 Å². The molecule has 0 aromatic heterocycles. The van der Waals surface area contributed by atoms with Crippen LogP contribution in [0.5, 0.6) is 0 Å². The van der Waals surface area contributed by atoms with E-state index in [1.165, 1.54) is 32.1 Å². The molecule has 0 amide bonds. The summed E-state index contributed by atoms with van der Waals surface area (Å²) in [6.45, 7) is 0. The number of hydrogen-bond acceptors (Lipinski definition) is 2. The van der Waals surface area contributed by atoms with Crippen LogP contribution in [0.15, 0.2) is 0 Å². The molecule has 3 atom stereocenters. The lowest BCUT2D eigenvalue weighted by Gasteiger charge is -2.04. The first kappa shape index (κ1) is 7.56. The van der Waals surface area contributed by atoms with E-state index in [4.69, 9.17) is 4.74 Å². The van der Waals surface area contributed by atoms with Crippen LogP contribution < -0.4 is 0 Å². The van der Waals surface area contributed by atoms with Crippen LogP contribution >= 0.6 is 0 Å². The number of aliphatic hydroxyl groups excluding tert-OH is 1. The lowest BCUT2D eigenvalue weighted by molar-refractivity contribution is 0.123. The summed E-state index contributed by atoms with van der Waals surface area (Å²) in [5.74, 6) is 0. The van der Waals surface area contributed by atoms with Gasteiger partial charge in [-0.25, -0.2) is 0 Å². The molecule has 2 heteroatoms. The average molecular weight is 156 g/mol. The van der Waals surface area contributed by atoms with E-state index < -0.39 is 0 Å². The van der Waals surface area contributed by atoms with Gasteiger partial charge in [0.25, 0.3) is 0 Å². The molecule has 0 spiro atoms. The van der Waals surface area contributed by atoms with E-state index in [-0.39, 0.29) is 12.2 Å². The van der Waals surface area contributed by atoms with Crippen molar-refractivity contribution in [1.29, 1.82) is 0 Å². The number of epoxide rings is 1. The third kappa shape index (κ3) is 1.74. The molecule has 1 aliphatic heterocycles. The van der Waals surface area contributed by atoms with Crippen LogP contribution in [0, 0.1) is 0 Å². The molecule has 0 aromatic carbocycles. The summed E-state index contributed by atoms with van der Waals surface area (Å²) < 4.78 is 5.36. The first-order chi connectivity index (χ1) is 5.38. The molecule has 0 aromatic rings. The molecule has 1 N–H and O–H groups in total. The second-order valence-electron chi connectivity index (χ2n) is 3.70. The van der Waals surface area contributed by atoms with Crippen molar-refractivity contribution >= 4 is 0 Å². The van der Waals surface area contributed by atoms with Gasteiger partial charge in [-0.2, -0.15) is 0 Å². The maximum absolute atomic E-state index is 9.52. The molecule has 2 fully saturated rings. The van der Waals surface area contributed by atoms with Crippen LogP contribution in [0.1, 0.15) is 38.5 Å². The highest BCUT2D eigenvalue weighted by atomic mass is 16.6. The van der Waals surface area contributed by atoms with Gasteiger partial charge in [-0.3, -0.25) is 0 Å². The second kappa shape index (κ2) is 3.11. The maximum atomic E-state index is 9.52. The summed E-state index contributed by atoms with van der Waals surface area (Å²) in [7, 11) is 0. The molecule has 64 valence electrons. The molecule has 1 aliphatic carbocycles. The Morgan fingerprint density at radius 1 is 1.00 bits per heavy atom. The summed E-state index contributed by atoms with van der Waals surface area (Å²) in [5.41, 5.74) is 0. The lowest BCUT2D eigenvalue weighted by Crippen LogP contribution is -2.15. The van der Waals surface area contributed by atoms with Gasteiger partial charge in [-0.15, -0.1) is 0 Å². The normalized spacial score (nSPS) is 45.0. The van der Waals surface area contributed by atoms with E-state index >= 15 is 0 Å². The highest BCUT2D eigenvalue weighted by Crippen LogP contribution is 2.33. The van der Waals surface area contributed by atoms with E-state index in [1.807, 2.05) is 0 Å². The van der Waals surface area contributed by atoms with Gasteiger partial charge in [0.05, 0.1) is 12.2 Å². The van der Waals surface area contributed by atoms with Gasteiger partial charge >= 0.3 is 0 Å². The van der Waals surface area contributed by atoms with Crippen LogP contribution in [0.4, 0.5) is 0 Å². The third-order valence-corrected chi connectivity index (χ3v) is 2.74. The Morgan fingerprint density at radius 3 is 2.55 bits per heavy atom. The molecular weight excluding hydrogens is 140 g/mol. The summed E-state index contributed by atoms with van der Waals surface area (Å²) in [6.07, 6.45) is 7.62. The van der Waals surface area contributed by atoms with Gasteiger partial charge in [0.1, 0.15) is 6.10 Å². The predicted octanol–water partition coefficient (Wildman–Crippen LogP) is 1.47. The standard InChI is InChI=1S/C9H16O2/c10-7-5-3-1-2-4-6-8-9(7)11-8/h7-10H,1-6H2/t7-,8+,9-/m1/s1. The Kier molecular flexibility index (Phi) is 2.14. The SMILES string of the molecule is O[C@@H]1CCCCCC[C@@H]2O[C@H]12. The summed E-state index contributed by atoms with van der Waals surface area (Å²) in [6, 6.07) is 0. The van der Waals surface area contributed by atoms with Crippen molar-refractivity contribution in [3.63, 3.8) is 0 Å². The van der Waals surface area contributed by atoms with Crippen LogP contribution in [0.25, 0.3) is 0 Å². The van der Waals surface area contributed by atoms with E-state index in [9.17, 15) is 5.11 Å². The topological polar surface area (TPSA) is 32.8 Å². The predicted molar refractivity (Wildman–Crippen MR) is 42.4 cm³/mol. The van der Waals surface area contributed by atoms with Crippen molar-refractivity contribution in [2.75, 3.05) is 0 Å². The van der Waals surface area contributed by atoms with E-state index in [2.05, 4.69) is 0 Å². The van der Waals surface area contributed by atoms with E-state index in [1.54, 1.807) is 0 Å². The van der Waals surface area contributed by atoms with Gasteiger partial charge in [0.2, 0.25) is 0 Å². The van der Waals surface area contributed by atoms with Gasteiger partial charge in [-0.1, -0.05) is 25.7 Å². The van der Waals surface area contributed by atoms with Crippen LogP contribution in [-0.2, 0) is 4.74 Å². The van der Waals surface area contributed by atoms with Gasteiger partial charge in [-0.05, 0) is 12.8 Å². The summed E-state index contributed by atoms with van der Waals surface area (Å²) in [4.78, 5) is 0. The fourth-order valence-corrected chi connectivity index (χ4v) is 1.94. The number of hydrogen-bond donors (Lipinski definition) is 1. The minimum Gasteiger partial charge on any atom is -0.390 e. The minimum atomic E-state index is -0.168. The van der Waals surface area contributed by atoms with E-state index in [0.29, 0.717) is 6.10 Å². The molecule has 0 unspecified atom stereocenters. The van der Waals surface area contributed by atoms with E-state index in [0.717, 1.165) is 6.42 Å². The largest absolute Gasteiger partial charge is 0.390 e. The third-order valence-electron chi connectivity index (χ3n) is 2.74. The summed E-state index contributed by atoms with van der Waals surface area (Å²) in [5, 5.41) is 9.52. The number of rotatable bonds is 0. The zero-order valence-electron chi connectivity index (χ0n) is 6.83. The average Bonchev–Trinajstić information content (AvgIpc) is 2.74. The van der Waals surface area contributed by atoms with Crippen molar-refractivity contribution < 1.29 is 9.84 Å². The Hall–Kier alpha value is -0.0800. The quantitative estimate of drug-likeness (QED) is 0.539. The van der Waals surface area contributed by atoms with Crippen molar-refractivity contribution in [1.82, 2.24) is 0 Å². The van der Waals surface area contributed by atoms with Crippen molar-refractivity contribution in [2.45, 2.75) is 56.8 Å². The molecule has 0 radical (unpaired) electrons. The number of ether oxygens (including phenoxy) is 1. The van der Waals surface area contributed by atoms with Crippen molar-refractivity contribution in [3.05, 3.63) is 0 Å². The molecule has 2 aliphatic rings. The fraction of sp³-hybridized carbons (Fsp3) is 1.00. The molecule has 1 saturated heterocycles. The fourth-order valence-electron chi connectivity index (χ4n) is 1.94. The second-order valence-corrected chi connectivity index (χ2v) is 3.70. The zero-order valence-corrected chi connectivity index (χ0v) is 6.83.